The number of rotatable bonds is 0. The fraction of sp³-hybridized carbons (Fsp3) is 0.400. The largest absolute Gasteiger partial charge is 0.381 e. The Morgan fingerprint density at radius 2 is 1.57 bits per heavy atom. The summed E-state index contributed by atoms with van der Waals surface area (Å²) in [5, 5.41) is 0. The molecule has 1 aliphatic heterocycles. The van der Waals surface area contributed by atoms with Crippen molar-refractivity contribution in [3.8, 4) is 0 Å². The maximum atomic E-state index is 12.1. The highest BCUT2D eigenvalue weighted by atomic mass is 79.9. The molecule has 0 bridgehead atoms. The molecule has 0 spiro atoms. The van der Waals surface area contributed by atoms with E-state index in [2.05, 4.69) is 15.9 Å². The van der Waals surface area contributed by atoms with E-state index in [1.165, 1.54) is 25.0 Å². The Morgan fingerprint density at radius 1 is 1.07 bits per heavy atom. The highest BCUT2D eigenvalue weighted by molar-refractivity contribution is 9.10. The van der Waals surface area contributed by atoms with E-state index in [1.54, 1.807) is 12.1 Å². The van der Waals surface area contributed by atoms with E-state index < -0.39 is 0 Å². The van der Waals surface area contributed by atoms with Crippen LogP contribution in [0.25, 0.3) is 0 Å². The molecular formula is C10H14BrFMgO. The summed E-state index contributed by atoms with van der Waals surface area (Å²) < 4.78 is 17.9. The van der Waals surface area contributed by atoms with E-state index in [0.717, 1.165) is 17.7 Å². The van der Waals surface area contributed by atoms with Crippen molar-refractivity contribution in [3.05, 3.63) is 34.6 Å². The van der Waals surface area contributed by atoms with Gasteiger partial charge in [-0.3, -0.25) is 0 Å². The number of hydrogen-bond acceptors (Lipinski definition) is 1. The van der Waals surface area contributed by atoms with Gasteiger partial charge in [0.25, 0.3) is 0 Å². The minimum Gasteiger partial charge on any atom is -0.381 e. The molecule has 1 aromatic rings. The Hall–Kier alpha value is 0.356. The van der Waals surface area contributed by atoms with Crippen LogP contribution < -0.4 is 0 Å². The first kappa shape index (κ1) is 14.4. The van der Waals surface area contributed by atoms with Crippen LogP contribution in [0.1, 0.15) is 12.8 Å². The van der Waals surface area contributed by atoms with Crippen LogP contribution >= 0.6 is 15.9 Å². The summed E-state index contributed by atoms with van der Waals surface area (Å²) in [6.07, 6.45) is 2.56. The molecule has 1 aromatic carbocycles. The first-order valence-corrected chi connectivity index (χ1v) is 5.07. The molecule has 1 heterocycles. The van der Waals surface area contributed by atoms with Gasteiger partial charge in [0.15, 0.2) is 0 Å². The second kappa shape index (κ2) is 8.65. The van der Waals surface area contributed by atoms with Crippen molar-refractivity contribution >= 4 is 39.0 Å². The van der Waals surface area contributed by atoms with Crippen LogP contribution in [0.2, 0.25) is 0 Å². The number of hydrogen-bond donors (Lipinski definition) is 0. The molecule has 4 heteroatoms. The van der Waals surface area contributed by atoms with Gasteiger partial charge in [0, 0.05) is 17.7 Å². The lowest BCUT2D eigenvalue weighted by atomic mass is 10.4. The van der Waals surface area contributed by atoms with Crippen molar-refractivity contribution in [1.82, 2.24) is 0 Å². The zero-order valence-electron chi connectivity index (χ0n) is 7.30. The first-order valence-electron chi connectivity index (χ1n) is 4.28. The van der Waals surface area contributed by atoms with Crippen molar-refractivity contribution in [1.29, 1.82) is 0 Å². The predicted octanol–water partition coefficient (Wildman–Crippen LogP) is 2.47. The van der Waals surface area contributed by atoms with Gasteiger partial charge in [-0.1, -0.05) is 15.9 Å². The van der Waals surface area contributed by atoms with Gasteiger partial charge in [0.05, 0.1) is 0 Å². The second-order valence-electron chi connectivity index (χ2n) is 2.76. The molecule has 0 aromatic heterocycles. The van der Waals surface area contributed by atoms with E-state index in [9.17, 15) is 4.39 Å². The second-order valence-corrected chi connectivity index (χ2v) is 3.67. The van der Waals surface area contributed by atoms with E-state index in [4.69, 9.17) is 4.74 Å². The first-order chi connectivity index (χ1) is 6.29. The summed E-state index contributed by atoms with van der Waals surface area (Å²) >= 11 is 3.18. The molecule has 1 saturated heterocycles. The monoisotopic (exact) mass is 272 g/mol. The molecule has 1 fully saturated rings. The van der Waals surface area contributed by atoms with E-state index in [1.807, 2.05) is 0 Å². The van der Waals surface area contributed by atoms with Gasteiger partial charge in [-0.2, -0.15) is 0 Å². The molecule has 0 radical (unpaired) electrons. The highest BCUT2D eigenvalue weighted by Crippen LogP contribution is 2.08. The lowest BCUT2D eigenvalue weighted by Gasteiger charge is -1.85. The SMILES string of the molecule is C1CCOC1.Fc1ccc(Br)cc1.[MgH2]. The Morgan fingerprint density at radius 3 is 1.86 bits per heavy atom. The summed E-state index contributed by atoms with van der Waals surface area (Å²) in [6, 6.07) is 6.14. The van der Waals surface area contributed by atoms with E-state index in [-0.39, 0.29) is 28.9 Å². The summed E-state index contributed by atoms with van der Waals surface area (Å²) in [5.41, 5.74) is 0. The molecule has 1 aliphatic rings. The third-order valence-corrected chi connectivity index (χ3v) is 2.16. The van der Waals surface area contributed by atoms with Gasteiger partial charge in [0.1, 0.15) is 5.82 Å². The van der Waals surface area contributed by atoms with Crippen molar-refractivity contribution in [2.75, 3.05) is 13.2 Å². The Labute approximate surface area is 108 Å². The van der Waals surface area contributed by atoms with Gasteiger partial charge in [-0.15, -0.1) is 0 Å². The zero-order chi connectivity index (χ0) is 9.52. The molecule has 1 nitrogen and oxygen atoms in total. The van der Waals surface area contributed by atoms with Crippen molar-refractivity contribution < 1.29 is 9.13 Å². The molecule has 0 atom stereocenters. The van der Waals surface area contributed by atoms with Crippen LogP contribution in [0.5, 0.6) is 0 Å². The Kier molecular flexibility index (Phi) is 8.87. The minimum atomic E-state index is -0.201. The lowest BCUT2D eigenvalue weighted by Crippen LogP contribution is -1.74. The fourth-order valence-corrected chi connectivity index (χ4v) is 1.20. The molecular weight excluding hydrogens is 259 g/mol. The molecule has 0 amide bonds. The summed E-state index contributed by atoms with van der Waals surface area (Å²) in [7, 11) is 0. The smallest absolute Gasteiger partial charge is 0.316 e. The summed E-state index contributed by atoms with van der Waals surface area (Å²) in [5.74, 6) is -0.201. The normalized spacial score (nSPS) is 13.9. The van der Waals surface area contributed by atoms with Crippen LogP contribution in [0.15, 0.2) is 28.7 Å². The zero-order valence-corrected chi connectivity index (χ0v) is 8.89. The molecule has 0 N–H and O–H groups in total. The van der Waals surface area contributed by atoms with Crippen LogP contribution in [0, 0.1) is 5.82 Å². The maximum Gasteiger partial charge on any atom is 0.316 e. The molecule has 0 unspecified atom stereocenters. The van der Waals surface area contributed by atoms with Crippen molar-refractivity contribution in [3.63, 3.8) is 0 Å². The molecule has 14 heavy (non-hydrogen) atoms. The average Bonchev–Trinajstić information content (AvgIpc) is 2.68. The highest BCUT2D eigenvalue weighted by Gasteiger charge is 1.94. The quantitative estimate of drug-likeness (QED) is 0.660. The van der Waals surface area contributed by atoms with E-state index >= 15 is 0 Å². The van der Waals surface area contributed by atoms with Crippen LogP contribution in [0.4, 0.5) is 4.39 Å². The summed E-state index contributed by atoms with van der Waals surface area (Å²) in [4.78, 5) is 0. The van der Waals surface area contributed by atoms with Crippen LogP contribution in [-0.2, 0) is 4.74 Å². The lowest BCUT2D eigenvalue weighted by molar-refractivity contribution is 0.198. The molecule has 76 valence electrons. The van der Waals surface area contributed by atoms with Crippen molar-refractivity contribution in [2.45, 2.75) is 12.8 Å². The minimum absolute atomic E-state index is 0. The van der Waals surface area contributed by atoms with Crippen LogP contribution in [-0.4, -0.2) is 36.3 Å². The van der Waals surface area contributed by atoms with Gasteiger partial charge in [0.2, 0.25) is 0 Å². The molecule has 0 aliphatic carbocycles. The van der Waals surface area contributed by atoms with Gasteiger partial charge >= 0.3 is 23.1 Å². The van der Waals surface area contributed by atoms with Gasteiger partial charge in [-0.25, -0.2) is 4.39 Å². The summed E-state index contributed by atoms with van der Waals surface area (Å²) in [6.45, 7) is 2.00. The number of ether oxygens (including phenoxy) is 1. The van der Waals surface area contributed by atoms with E-state index in [0.29, 0.717) is 0 Å². The standard InChI is InChI=1S/C6H4BrF.C4H8O.Mg.2H/c7-5-1-3-6(8)4-2-5;1-2-4-5-3-1;;;/h1-4H;1-4H2;;;. The maximum absolute atomic E-state index is 12.1. The molecule has 2 rings (SSSR count). The number of benzene rings is 1. The predicted molar refractivity (Wildman–Crippen MR) is 62.7 cm³/mol. The van der Waals surface area contributed by atoms with Gasteiger partial charge < -0.3 is 4.74 Å². The van der Waals surface area contributed by atoms with Gasteiger partial charge in [-0.05, 0) is 37.1 Å². The number of halogens is 2. The third kappa shape index (κ3) is 6.76. The Balaban J connectivity index is 0.000000246. The average molecular weight is 273 g/mol. The third-order valence-electron chi connectivity index (χ3n) is 1.63. The fourth-order valence-electron chi connectivity index (χ4n) is 0.940. The molecule has 0 saturated carbocycles. The van der Waals surface area contributed by atoms with Crippen LogP contribution in [0.3, 0.4) is 0 Å². The van der Waals surface area contributed by atoms with Crippen molar-refractivity contribution in [2.24, 2.45) is 0 Å². The topological polar surface area (TPSA) is 9.23 Å². The Bertz CT molecular complexity index is 208.